The van der Waals surface area contributed by atoms with E-state index in [1.807, 2.05) is 6.07 Å². The van der Waals surface area contributed by atoms with Crippen molar-refractivity contribution in [3.8, 4) is 51.0 Å². The average Bonchev–Trinajstić information content (AvgIpc) is 3.07. The summed E-state index contributed by atoms with van der Waals surface area (Å²) >= 11 is 0. The standard InChI is InChI=1S/C21H15NO4/c23-15-10-8-13(9-11-15)19-20(14-4-3-5-16(24)12-14)22-26-21(19)17-6-1-2-7-18(17)25/h1-12,23-25H. The zero-order valence-corrected chi connectivity index (χ0v) is 13.6. The van der Waals surface area contributed by atoms with Crippen molar-refractivity contribution >= 4 is 0 Å². The van der Waals surface area contributed by atoms with Crippen LogP contribution in [0.25, 0.3) is 33.7 Å². The van der Waals surface area contributed by atoms with E-state index in [0.717, 1.165) is 5.56 Å². The zero-order valence-electron chi connectivity index (χ0n) is 13.6. The first kappa shape index (κ1) is 15.8. The molecule has 26 heavy (non-hydrogen) atoms. The summed E-state index contributed by atoms with van der Waals surface area (Å²) < 4.78 is 5.59. The average molecular weight is 345 g/mol. The minimum absolute atomic E-state index is 0.0751. The van der Waals surface area contributed by atoms with Crippen LogP contribution in [0.1, 0.15) is 0 Å². The molecule has 3 aromatic carbocycles. The topological polar surface area (TPSA) is 86.7 Å². The van der Waals surface area contributed by atoms with E-state index in [1.54, 1.807) is 66.7 Å². The van der Waals surface area contributed by atoms with E-state index in [9.17, 15) is 15.3 Å². The zero-order chi connectivity index (χ0) is 18.1. The normalized spacial score (nSPS) is 10.8. The second-order valence-electron chi connectivity index (χ2n) is 5.85. The van der Waals surface area contributed by atoms with Gasteiger partial charge in [-0.05, 0) is 42.0 Å². The molecule has 3 N–H and O–H groups in total. The number of phenols is 3. The molecule has 128 valence electrons. The lowest BCUT2D eigenvalue weighted by atomic mass is 9.96. The highest BCUT2D eigenvalue weighted by atomic mass is 16.5. The molecule has 4 aromatic rings. The monoisotopic (exact) mass is 345 g/mol. The first-order chi connectivity index (χ1) is 12.6. The molecule has 5 nitrogen and oxygen atoms in total. The molecule has 0 amide bonds. The number of para-hydroxylation sites is 1. The predicted molar refractivity (Wildman–Crippen MR) is 97.8 cm³/mol. The van der Waals surface area contributed by atoms with Crippen molar-refractivity contribution < 1.29 is 19.8 Å². The van der Waals surface area contributed by atoms with Gasteiger partial charge >= 0.3 is 0 Å². The lowest BCUT2D eigenvalue weighted by Gasteiger charge is -2.07. The summed E-state index contributed by atoms with van der Waals surface area (Å²) in [5, 5.41) is 33.8. The van der Waals surface area contributed by atoms with Gasteiger partial charge in [-0.3, -0.25) is 0 Å². The number of aromatic hydroxyl groups is 3. The third kappa shape index (κ3) is 2.75. The van der Waals surface area contributed by atoms with E-state index >= 15 is 0 Å². The van der Waals surface area contributed by atoms with Crippen LogP contribution < -0.4 is 0 Å². The highest BCUT2D eigenvalue weighted by Gasteiger charge is 2.22. The maximum absolute atomic E-state index is 10.2. The molecule has 1 aromatic heterocycles. The SMILES string of the molecule is Oc1ccc(-c2c(-c3cccc(O)c3)noc2-c2ccccc2O)cc1. The number of hydrogen-bond donors (Lipinski definition) is 3. The molecule has 0 atom stereocenters. The van der Waals surface area contributed by atoms with Gasteiger partial charge in [-0.2, -0.15) is 0 Å². The van der Waals surface area contributed by atoms with Gasteiger partial charge in [-0.25, -0.2) is 0 Å². The molecule has 0 unspecified atom stereocenters. The molecule has 0 aliphatic rings. The molecule has 0 radical (unpaired) electrons. The summed E-state index contributed by atoms with van der Waals surface area (Å²) in [6.45, 7) is 0. The van der Waals surface area contributed by atoms with E-state index in [-0.39, 0.29) is 17.2 Å². The van der Waals surface area contributed by atoms with Crippen molar-refractivity contribution in [2.45, 2.75) is 0 Å². The molecule has 0 aliphatic carbocycles. The molecule has 0 fully saturated rings. The van der Waals surface area contributed by atoms with Crippen LogP contribution in [-0.4, -0.2) is 20.5 Å². The van der Waals surface area contributed by atoms with E-state index in [0.29, 0.717) is 28.1 Å². The Bertz CT molecular complexity index is 1070. The van der Waals surface area contributed by atoms with Crippen LogP contribution in [0.15, 0.2) is 77.3 Å². The van der Waals surface area contributed by atoms with E-state index in [2.05, 4.69) is 5.16 Å². The van der Waals surface area contributed by atoms with Crippen molar-refractivity contribution in [2.75, 3.05) is 0 Å². The first-order valence-electron chi connectivity index (χ1n) is 8.00. The number of benzene rings is 3. The maximum atomic E-state index is 10.2. The summed E-state index contributed by atoms with van der Waals surface area (Å²) in [6.07, 6.45) is 0. The maximum Gasteiger partial charge on any atom is 0.179 e. The highest BCUT2D eigenvalue weighted by molar-refractivity contribution is 5.91. The van der Waals surface area contributed by atoms with Gasteiger partial charge in [0.1, 0.15) is 22.9 Å². The fourth-order valence-corrected chi connectivity index (χ4v) is 2.89. The predicted octanol–water partition coefficient (Wildman–Crippen LogP) is 4.79. The van der Waals surface area contributed by atoms with Crippen molar-refractivity contribution in [1.29, 1.82) is 0 Å². The van der Waals surface area contributed by atoms with Crippen molar-refractivity contribution in [1.82, 2.24) is 5.16 Å². The highest BCUT2D eigenvalue weighted by Crippen LogP contribution is 2.43. The fraction of sp³-hybridized carbons (Fsp3) is 0. The smallest absolute Gasteiger partial charge is 0.179 e. The van der Waals surface area contributed by atoms with Crippen LogP contribution in [0.5, 0.6) is 17.2 Å². The van der Waals surface area contributed by atoms with Crippen molar-refractivity contribution in [2.24, 2.45) is 0 Å². The molecule has 4 rings (SSSR count). The summed E-state index contributed by atoms with van der Waals surface area (Å²) in [5.74, 6) is 0.748. The van der Waals surface area contributed by atoms with Gasteiger partial charge in [0.25, 0.3) is 0 Å². The molecular weight excluding hydrogens is 330 g/mol. The van der Waals surface area contributed by atoms with Crippen LogP contribution in [0.2, 0.25) is 0 Å². The quantitative estimate of drug-likeness (QED) is 0.497. The number of rotatable bonds is 3. The molecule has 0 saturated carbocycles. The van der Waals surface area contributed by atoms with Gasteiger partial charge in [0, 0.05) is 5.56 Å². The van der Waals surface area contributed by atoms with E-state index in [1.165, 1.54) is 0 Å². The Morgan fingerprint density at radius 1 is 0.692 bits per heavy atom. The van der Waals surface area contributed by atoms with Crippen molar-refractivity contribution in [3.63, 3.8) is 0 Å². The van der Waals surface area contributed by atoms with Crippen LogP contribution in [0, 0.1) is 0 Å². The Labute approximate surface area is 149 Å². The van der Waals surface area contributed by atoms with Crippen LogP contribution >= 0.6 is 0 Å². The van der Waals surface area contributed by atoms with Crippen molar-refractivity contribution in [3.05, 3.63) is 72.8 Å². The number of phenolic OH excluding ortho intramolecular Hbond substituents is 3. The lowest BCUT2D eigenvalue weighted by molar-refractivity contribution is 0.428. The van der Waals surface area contributed by atoms with Crippen LogP contribution in [0.3, 0.4) is 0 Å². The Morgan fingerprint density at radius 2 is 1.46 bits per heavy atom. The Hall–Kier alpha value is -3.73. The van der Waals surface area contributed by atoms with Crippen LogP contribution in [0.4, 0.5) is 0 Å². The third-order valence-electron chi connectivity index (χ3n) is 4.12. The van der Waals surface area contributed by atoms with E-state index < -0.39 is 0 Å². The minimum Gasteiger partial charge on any atom is -0.508 e. The van der Waals surface area contributed by atoms with E-state index in [4.69, 9.17) is 4.52 Å². The summed E-state index contributed by atoms with van der Waals surface area (Å²) in [4.78, 5) is 0. The molecular formula is C21H15NO4. The van der Waals surface area contributed by atoms with Gasteiger partial charge in [-0.15, -0.1) is 0 Å². The van der Waals surface area contributed by atoms with Crippen LogP contribution in [-0.2, 0) is 0 Å². The second kappa shape index (κ2) is 6.29. The largest absolute Gasteiger partial charge is 0.508 e. The number of aromatic nitrogens is 1. The van der Waals surface area contributed by atoms with Gasteiger partial charge in [0.2, 0.25) is 0 Å². The minimum atomic E-state index is 0.0751. The molecule has 0 saturated heterocycles. The molecule has 1 heterocycles. The fourth-order valence-electron chi connectivity index (χ4n) is 2.89. The molecule has 0 aliphatic heterocycles. The molecule has 0 spiro atoms. The Morgan fingerprint density at radius 3 is 2.19 bits per heavy atom. The summed E-state index contributed by atoms with van der Waals surface area (Å²) in [6, 6.07) is 20.2. The summed E-state index contributed by atoms with van der Waals surface area (Å²) in [5.41, 5.74) is 3.15. The Balaban J connectivity index is 1.99. The summed E-state index contributed by atoms with van der Waals surface area (Å²) in [7, 11) is 0. The second-order valence-corrected chi connectivity index (χ2v) is 5.85. The number of hydrogen-bond acceptors (Lipinski definition) is 5. The first-order valence-corrected chi connectivity index (χ1v) is 8.00. The Kier molecular flexibility index (Phi) is 3.82. The lowest BCUT2D eigenvalue weighted by Crippen LogP contribution is -1.85. The van der Waals surface area contributed by atoms with Gasteiger partial charge in [0.15, 0.2) is 5.76 Å². The van der Waals surface area contributed by atoms with Gasteiger partial charge < -0.3 is 19.8 Å². The van der Waals surface area contributed by atoms with Gasteiger partial charge in [0.05, 0.1) is 11.1 Å². The number of nitrogens with zero attached hydrogens (tertiary/aromatic N) is 1. The molecule has 0 bridgehead atoms. The third-order valence-corrected chi connectivity index (χ3v) is 4.12. The van der Waals surface area contributed by atoms with Gasteiger partial charge in [-0.1, -0.05) is 41.6 Å². The molecule has 5 heteroatoms.